The molecule has 11 heteroatoms. The predicted molar refractivity (Wildman–Crippen MR) is 90.8 cm³/mol. The number of hydrogen-bond donors (Lipinski definition) is 3. The van der Waals surface area contributed by atoms with E-state index in [-0.39, 0.29) is 32.0 Å². The van der Waals surface area contributed by atoms with E-state index in [0.717, 1.165) is 0 Å². The first kappa shape index (κ1) is 24.5. The first-order chi connectivity index (χ1) is 12.8. The fourth-order valence-electron chi connectivity index (χ4n) is 1.90. The van der Waals surface area contributed by atoms with E-state index in [1.54, 1.807) is 0 Å². The van der Waals surface area contributed by atoms with Crippen molar-refractivity contribution in [1.82, 2.24) is 10.6 Å². The van der Waals surface area contributed by atoms with Gasteiger partial charge in [0.05, 0.1) is 7.11 Å². The summed E-state index contributed by atoms with van der Waals surface area (Å²) < 4.78 is 14.1. The van der Waals surface area contributed by atoms with Crippen LogP contribution in [0.3, 0.4) is 0 Å². The van der Waals surface area contributed by atoms with Crippen LogP contribution in [0.1, 0.15) is 26.2 Å². The van der Waals surface area contributed by atoms with E-state index in [4.69, 9.17) is 9.84 Å². The highest BCUT2D eigenvalue weighted by molar-refractivity contribution is 5.85. The molecule has 0 aromatic carbocycles. The number of rotatable bonds is 15. The standard InChI is InChI=1S/C16H26N2O9/c1-11(19)7-26-9-14(21)18-12(16(24)25-2)5-3-4-6-17-13(20)8-27-10-15(22)23/h12H,3-10H2,1-2H3,(H,17,20)(H,18,21)(H,22,23)/t12-/m0/s1. The number of nitrogens with one attached hydrogen (secondary N) is 2. The van der Waals surface area contributed by atoms with Gasteiger partial charge in [0.1, 0.15) is 32.5 Å². The molecule has 0 aliphatic rings. The van der Waals surface area contributed by atoms with E-state index in [0.29, 0.717) is 19.4 Å². The minimum atomic E-state index is -1.16. The van der Waals surface area contributed by atoms with Gasteiger partial charge in [-0.2, -0.15) is 0 Å². The molecule has 0 heterocycles. The van der Waals surface area contributed by atoms with Gasteiger partial charge in [0.2, 0.25) is 11.8 Å². The number of unbranched alkanes of at least 4 members (excludes halogenated alkanes) is 1. The Morgan fingerprint density at radius 2 is 1.56 bits per heavy atom. The highest BCUT2D eigenvalue weighted by Crippen LogP contribution is 2.03. The number of methoxy groups -OCH3 is 1. The number of ketones is 1. The van der Waals surface area contributed by atoms with Crippen LogP contribution in [0.25, 0.3) is 0 Å². The SMILES string of the molecule is COC(=O)[C@H](CCCCNC(=O)COCC(=O)O)NC(=O)COCC(C)=O. The van der Waals surface area contributed by atoms with E-state index >= 15 is 0 Å². The highest BCUT2D eigenvalue weighted by atomic mass is 16.5. The number of ether oxygens (including phenoxy) is 3. The molecule has 0 rings (SSSR count). The van der Waals surface area contributed by atoms with Crippen LogP contribution < -0.4 is 10.6 Å². The second-order valence-corrected chi connectivity index (χ2v) is 5.57. The van der Waals surface area contributed by atoms with Crippen LogP contribution in [0.4, 0.5) is 0 Å². The summed E-state index contributed by atoms with van der Waals surface area (Å²) >= 11 is 0. The Bertz CT molecular complexity index is 522. The molecule has 0 radical (unpaired) electrons. The van der Waals surface area contributed by atoms with Crippen molar-refractivity contribution in [3.8, 4) is 0 Å². The molecule has 0 saturated carbocycles. The fraction of sp³-hybridized carbons (Fsp3) is 0.688. The van der Waals surface area contributed by atoms with Gasteiger partial charge in [-0.15, -0.1) is 0 Å². The van der Waals surface area contributed by atoms with Gasteiger partial charge in [-0.1, -0.05) is 0 Å². The van der Waals surface area contributed by atoms with Crippen molar-refractivity contribution >= 4 is 29.5 Å². The summed E-state index contributed by atoms with van der Waals surface area (Å²) in [6.45, 7) is 0.189. The lowest BCUT2D eigenvalue weighted by Gasteiger charge is -2.16. The molecule has 1 atom stereocenters. The highest BCUT2D eigenvalue weighted by Gasteiger charge is 2.21. The minimum Gasteiger partial charge on any atom is -0.480 e. The van der Waals surface area contributed by atoms with Gasteiger partial charge in [0.15, 0.2) is 5.78 Å². The van der Waals surface area contributed by atoms with E-state index in [2.05, 4.69) is 20.1 Å². The van der Waals surface area contributed by atoms with Crippen molar-refractivity contribution < 1.29 is 43.3 Å². The lowest BCUT2D eigenvalue weighted by molar-refractivity contribution is -0.146. The Labute approximate surface area is 156 Å². The number of carbonyl (C=O) groups is 5. The molecule has 154 valence electrons. The molecular weight excluding hydrogens is 364 g/mol. The average molecular weight is 390 g/mol. The molecule has 0 aliphatic heterocycles. The molecule has 2 amide bonds. The Hall–Kier alpha value is -2.53. The van der Waals surface area contributed by atoms with Crippen molar-refractivity contribution in [2.45, 2.75) is 32.2 Å². The fourth-order valence-corrected chi connectivity index (χ4v) is 1.90. The van der Waals surface area contributed by atoms with E-state index in [1.165, 1.54) is 14.0 Å². The molecule has 11 nitrogen and oxygen atoms in total. The molecule has 0 aromatic heterocycles. The number of esters is 1. The molecule has 0 unspecified atom stereocenters. The third-order valence-corrected chi connectivity index (χ3v) is 3.06. The number of amides is 2. The second kappa shape index (κ2) is 14.6. The predicted octanol–water partition coefficient (Wildman–Crippen LogP) is -1.36. The number of carboxylic acids is 1. The van der Waals surface area contributed by atoms with Crippen molar-refractivity contribution in [3.05, 3.63) is 0 Å². The summed E-state index contributed by atoms with van der Waals surface area (Å²) in [5.41, 5.74) is 0. The largest absolute Gasteiger partial charge is 0.480 e. The number of carboxylic acid groups (broad SMARTS) is 1. The van der Waals surface area contributed by atoms with E-state index in [9.17, 15) is 24.0 Å². The Kier molecular flexibility index (Phi) is 13.2. The Morgan fingerprint density at radius 3 is 2.15 bits per heavy atom. The van der Waals surface area contributed by atoms with Gasteiger partial charge in [0.25, 0.3) is 0 Å². The quantitative estimate of drug-likeness (QED) is 0.227. The van der Waals surface area contributed by atoms with Crippen LogP contribution in [0.15, 0.2) is 0 Å². The summed E-state index contributed by atoms with van der Waals surface area (Å²) in [6.07, 6.45) is 1.32. The minimum absolute atomic E-state index is 0.188. The summed E-state index contributed by atoms with van der Waals surface area (Å²) in [4.78, 5) is 55.8. The zero-order chi connectivity index (χ0) is 20.7. The van der Waals surface area contributed by atoms with E-state index in [1.807, 2.05) is 0 Å². The van der Waals surface area contributed by atoms with Crippen LogP contribution in [-0.4, -0.2) is 80.8 Å². The first-order valence-corrected chi connectivity index (χ1v) is 8.26. The van der Waals surface area contributed by atoms with Crippen molar-refractivity contribution in [1.29, 1.82) is 0 Å². The number of carbonyl (C=O) groups excluding carboxylic acids is 4. The summed E-state index contributed by atoms with van der Waals surface area (Å²) in [6, 6.07) is -0.863. The number of Topliss-reactive ketones (excluding diaryl/α,β-unsaturated/α-hetero) is 1. The van der Waals surface area contributed by atoms with Crippen molar-refractivity contribution in [3.63, 3.8) is 0 Å². The summed E-state index contributed by atoms with van der Waals surface area (Å²) in [5, 5.41) is 13.4. The van der Waals surface area contributed by atoms with Gasteiger partial charge < -0.3 is 30.0 Å². The maximum Gasteiger partial charge on any atom is 0.329 e. The molecule has 0 fully saturated rings. The van der Waals surface area contributed by atoms with Crippen LogP contribution in [-0.2, 0) is 38.2 Å². The van der Waals surface area contributed by atoms with Crippen LogP contribution in [0.2, 0.25) is 0 Å². The second-order valence-electron chi connectivity index (χ2n) is 5.57. The molecule has 0 aliphatic carbocycles. The topological polar surface area (TPSA) is 157 Å². The number of hydrogen-bond acceptors (Lipinski definition) is 8. The van der Waals surface area contributed by atoms with Gasteiger partial charge in [-0.25, -0.2) is 9.59 Å². The third-order valence-electron chi connectivity index (χ3n) is 3.06. The monoisotopic (exact) mass is 390 g/mol. The van der Waals surface area contributed by atoms with Gasteiger partial charge >= 0.3 is 11.9 Å². The Morgan fingerprint density at radius 1 is 0.926 bits per heavy atom. The molecule has 0 aromatic rings. The molecule has 27 heavy (non-hydrogen) atoms. The summed E-state index contributed by atoms with van der Waals surface area (Å²) in [7, 11) is 1.20. The van der Waals surface area contributed by atoms with Gasteiger partial charge in [0, 0.05) is 6.54 Å². The van der Waals surface area contributed by atoms with Gasteiger partial charge in [-0.3, -0.25) is 14.4 Å². The maximum atomic E-state index is 11.7. The molecule has 0 bridgehead atoms. The van der Waals surface area contributed by atoms with Crippen molar-refractivity contribution in [2.24, 2.45) is 0 Å². The zero-order valence-corrected chi connectivity index (χ0v) is 15.4. The van der Waals surface area contributed by atoms with Gasteiger partial charge in [-0.05, 0) is 26.2 Å². The Balaban J connectivity index is 4.05. The van der Waals surface area contributed by atoms with Crippen molar-refractivity contribution in [2.75, 3.05) is 40.1 Å². The third kappa shape index (κ3) is 14.3. The average Bonchev–Trinajstić information content (AvgIpc) is 2.59. The van der Waals surface area contributed by atoms with Crippen LogP contribution in [0, 0.1) is 0 Å². The summed E-state index contributed by atoms with van der Waals surface area (Å²) in [5.74, 6) is -2.98. The van der Waals surface area contributed by atoms with Crippen LogP contribution in [0.5, 0.6) is 0 Å². The van der Waals surface area contributed by atoms with E-state index < -0.39 is 36.4 Å². The molecule has 0 saturated heterocycles. The normalized spacial score (nSPS) is 11.3. The zero-order valence-electron chi connectivity index (χ0n) is 15.4. The number of aliphatic carboxylic acids is 1. The first-order valence-electron chi connectivity index (χ1n) is 8.26. The lowest BCUT2D eigenvalue weighted by Crippen LogP contribution is -2.43. The smallest absolute Gasteiger partial charge is 0.329 e. The van der Waals surface area contributed by atoms with Crippen LogP contribution >= 0.6 is 0 Å². The lowest BCUT2D eigenvalue weighted by atomic mass is 10.1. The molecule has 0 spiro atoms. The molecular formula is C16H26N2O9. The maximum absolute atomic E-state index is 11.7. The molecule has 3 N–H and O–H groups in total.